The van der Waals surface area contributed by atoms with Gasteiger partial charge in [0, 0.05) is 13.1 Å². The van der Waals surface area contributed by atoms with Crippen LogP contribution in [0.5, 0.6) is 0 Å². The SMILES string of the molecule is CCN(CC)Cc1ccc(C(=O)N2CCCC2Cn2cnc3ccccc32)o1. The van der Waals surface area contributed by atoms with Gasteiger partial charge in [0.2, 0.25) is 0 Å². The summed E-state index contributed by atoms with van der Waals surface area (Å²) in [6.07, 6.45) is 3.90. The van der Waals surface area contributed by atoms with Gasteiger partial charge in [-0.05, 0) is 50.2 Å². The fourth-order valence-electron chi connectivity index (χ4n) is 4.06. The quantitative estimate of drug-likeness (QED) is 0.626. The molecule has 6 heteroatoms. The van der Waals surface area contributed by atoms with Crippen molar-refractivity contribution in [3.8, 4) is 0 Å². The molecular formula is C22H28N4O2. The minimum atomic E-state index is -0.00211. The summed E-state index contributed by atoms with van der Waals surface area (Å²) in [5, 5.41) is 0. The smallest absolute Gasteiger partial charge is 0.289 e. The van der Waals surface area contributed by atoms with Crippen LogP contribution in [0.3, 0.4) is 0 Å². The van der Waals surface area contributed by atoms with Crippen LogP contribution in [0.4, 0.5) is 0 Å². The highest BCUT2D eigenvalue weighted by Crippen LogP contribution is 2.24. The number of para-hydroxylation sites is 2. The van der Waals surface area contributed by atoms with Crippen molar-refractivity contribution in [3.05, 3.63) is 54.2 Å². The van der Waals surface area contributed by atoms with Crippen molar-refractivity contribution < 1.29 is 9.21 Å². The lowest BCUT2D eigenvalue weighted by atomic mass is 10.2. The Balaban J connectivity index is 1.47. The van der Waals surface area contributed by atoms with Crippen molar-refractivity contribution >= 4 is 16.9 Å². The van der Waals surface area contributed by atoms with Crippen LogP contribution >= 0.6 is 0 Å². The lowest BCUT2D eigenvalue weighted by Gasteiger charge is -2.24. The molecule has 28 heavy (non-hydrogen) atoms. The molecule has 4 rings (SSSR count). The van der Waals surface area contributed by atoms with Gasteiger partial charge in [-0.25, -0.2) is 4.98 Å². The monoisotopic (exact) mass is 380 g/mol. The van der Waals surface area contributed by atoms with E-state index in [-0.39, 0.29) is 11.9 Å². The molecule has 1 aliphatic heterocycles. The van der Waals surface area contributed by atoms with Gasteiger partial charge < -0.3 is 13.9 Å². The average Bonchev–Trinajstić information content (AvgIpc) is 3.46. The molecule has 1 saturated heterocycles. The summed E-state index contributed by atoms with van der Waals surface area (Å²) >= 11 is 0. The Bertz CT molecular complexity index is 941. The summed E-state index contributed by atoms with van der Waals surface area (Å²) in [5.74, 6) is 1.30. The standard InChI is InChI=1S/C22H28N4O2/c1-3-24(4-2)15-18-11-12-21(28-18)22(27)26-13-7-8-17(26)14-25-16-23-19-9-5-6-10-20(19)25/h5-6,9-12,16-17H,3-4,7-8,13-15H2,1-2H3. The number of imidazole rings is 1. The van der Waals surface area contributed by atoms with Gasteiger partial charge in [0.05, 0.1) is 29.9 Å². The van der Waals surface area contributed by atoms with Gasteiger partial charge in [0.15, 0.2) is 5.76 Å². The second-order valence-electron chi connectivity index (χ2n) is 7.41. The third kappa shape index (κ3) is 3.69. The summed E-state index contributed by atoms with van der Waals surface area (Å²) in [5.41, 5.74) is 2.10. The summed E-state index contributed by atoms with van der Waals surface area (Å²) in [7, 11) is 0. The van der Waals surface area contributed by atoms with Crippen LogP contribution in [-0.2, 0) is 13.1 Å². The molecule has 3 heterocycles. The van der Waals surface area contributed by atoms with E-state index in [1.807, 2.05) is 41.6 Å². The minimum Gasteiger partial charge on any atom is -0.455 e. The molecule has 1 aromatic carbocycles. The number of rotatable bonds is 7. The van der Waals surface area contributed by atoms with E-state index in [1.165, 1.54) is 0 Å². The van der Waals surface area contributed by atoms with E-state index in [0.717, 1.165) is 62.4 Å². The molecule has 1 atom stereocenters. The second kappa shape index (κ2) is 8.19. The molecule has 1 fully saturated rings. The van der Waals surface area contributed by atoms with Gasteiger partial charge in [-0.15, -0.1) is 0 Å². The van der Waals surface area contributed by atoms with Gasteiger partial charge in [-0.2, -0.15) is 0 Å². The van der Waals surface area contributed by atoms with E-state index in [2.05, 4.69) is 34.4 Å². The molecule has 3 aromatic rings. The molecule has 0 spiro atoms. The van der Waals surface area contributed by atoms with Crippen LogP contribution in [0, 0.1) is 0 Å². The lowest BCUT2D eigenvalue weighted by molar-refractivity contribution is 0.0689. The number of likely N-dealkylation sites (tertiary alicyclic amines) is 1. The Kier molecular flexibility index (Phi) is 5.48. The van der Waals surface area contributed by atoms with Crippen molar-refractivity contribution in [2.45, 2.75) is 45.8 Å². The number of fused-ring (bicyclic) bond motifs is 1. The summed E-state index contributed by atoms with van der Waals surface area (Å²) in [6.45, 7) is 8.48. The third-order valence-electron chi connectivity index (χ3n) is 5.72. The van der Waals surface area contributed by atoms with E-state index in [0.29, 0.717) is 5.76 Å². The molecule has 1 aliphatic rings. The number of furan rings is 1. The van der Waals surface area contributed by atoms with Crippen molar-refractivity contribution in [3.63, 3.8) is 0 Å². The molecule has 0 bridgehead atoms. The van der Waals surface area contributed by atoms with E-state index >= 15 is 0 Å². The molecule has 148 valence electrons. The zero-order valence-electron chi connectivity index (χ0n) is 16.7. The highest BCUT2D eigenvalue weighted by molar-refractivity contribution is 5.92. The number of carbonyl (C=O) groups excluding carboxylic acids is 1. The van der Waals surface area contributed by atoms with Gasteiger partial charge in [0.25, 0.3) is 5.91 Å². The van der Waals surface area contributed by atoms with Gasteiger partial charge in [-0.1, -0.05) is 26.0 Å². The van der Waals surface area contributed by atoms with Crippen molar-refractivity contribution in [2.75, 3.05) is 19.6 Å². The maximum atomic E-state index is 13.1. The van der Waals surface area contributed by atoms with Gasteiger partial charge in [0.1, 0.15) is 5.76 Å². The Labute approximate surface area is 165 Å². The molecule has 1 amide bonds. The molecular weight excluding hydrogens is 352 g/mol. The number of carbonyl (C=O) groups is 1. The van der Waals surface area contributed by atoms with Crippen molar-refractivity contribution in [1.29, 1.82) is 0 Å². The minimum absolute atomic E-state index is 0.00211. The zero-order chi connectivity index (χ0) is 19.5. The van der Waals surface area contributed by atoms with Crippen LogP contribution in [0.2, 0.25) is 0 Å². The van der Waals surface area contributed by atoms with Crippen LogP contribution in [0.1, 0.15) is 43.0 Å². The van der Waals surface area contributed by atoms with Gasteiger partial charge >= 0.3 is 0 Å². The lowest BCUT2D eigenvalue weighted by Crippen LogP contribution is -2.37. The Morgan fingerprint density at radius 1 is 1.21 bits per heavy atom. The van der Waals surface area contributed by atoms with E-state index in [9.17, 15) is 4.79 Å². The zero-order valence-corrected chi connectivity index (χ0v) is 16.7. The van der Waals surface area contributed by atoms with Gasteiger partial charge in [-0.3, -0.25) is 9.69 Å². The van der Waals surface area contributed by atoms with Crippen LogP contribution in [0.25, 0.3) is 11.0 Å². The number of hydrogen-bond acceptors (Lipinski definition) is 4. The first-order chi connectivity index (χ1) is 13.7. The molecule has 1 unspecified atom stereocenters. The number of nitrogens with zero attached hydrogens (tertiary/aromatic N) is 4. The maximum absolute atomic E-state index is 13.1. The van der Waals surface area contributed by atoms with E-state index in [1.54, 1.807) is 0 Å². The number of benzene rings is 1. The number of amides is 1. The highest BCUT2D eigenvalue weighted by Gasteiger charge is 2.31. The molecule has 0 N–H and O–H groups in total. The predicted molar refractivity (Wildman–Crippen MR) is 109 cm³/mol. The predicted octanol–water partition coefficient (Wildman–Crippen LogP) is 3.78. The summed E-state index contributed by atoms with van der Waals surface area (Å²) in [4.78, 5) is 21.8. The Morgan fingerprint density at radius 2 is 2.04 bits per heavy atom. The van der Waals surface area contributed by atoms with E-state index in [4.69, 9.17) is 4.42 Å². The number of hydrogen-bond donors (Lipinski definition) is 0. The third-order valence-corrected chi connectivity index (χ3v) is 5.72. The first kappa shape index (κ1) is 18.7. The second-order valence-corrected chi connectivity index (χ2v) is 7.41. The normalized spacial score (nSPS) is 17.1. The van der Waals surface area contributed by atoms with Crippen molar-refractivity contribution in [1.82, 2.24) is 19.4 Å². The maximum Gasteiger partial charge on any atom is 0.289 e. The van der Waals surface area contributed by atoms with E-state index < -0.39 is 0 Å². The first-order valence-electron chi connectivity index (χ1n) is 10.2. The molecule has 6 nitrogen and oxygen atoms in total. The highest BCUT2D eigenvalue weighted by atomic mass is 16.4. The summed E-state index contributed by atoms with van der Waals surface area (Å²) in [6, 6.07) is 12.0. The molecule has 2 aromatic heterocycles. The largest absolute Gasteiger partial charge is 0.455 e. The Hall–Kier alpha value is -2.60. The van der Waals surface area contributed by atoms with Crippen LogP contribution < -0.4 is 0 Å². The average molecular weight is 380 g/mol. The Morgan fingerprint density at radius 3 is 2.86 bits per heavy atom. The fourth-order valence-corrected chi connectivity index (χ4v) is 4.06. The van der Waals surface area contributed by atoms with Crippen LogP contribution in [0.15, 0.2) is 47.1 Å². The number of aromatic nitrogens is 2. The molecule has 0 saturated carbocycles. The molecule has 0 aliphatic carbocycles. The molecule has 0 radical (unpaired) electrons. The first-order valence-corrected chi connectivity index (χ1v) is 10.2. The fraction of sp³-hybridized carbons (Fsp3) is 0.455. The van der Waals surface area contributed by atoms with Crippen LogP contribution in [-0.4, -0.2) is 50.9 Å². The van der Waals surface area contributed by atoms with Crippen molar-refractivity contribution in [2.24, 2.45) is 0 Å². The summed E-state index contributed by atoms with van der Waals surface area (Å²) < 4.78 is 8.05. The topological polar surface area (TPSA) is 54.5 Å².